The van der Waals surface area contributed by atoms with Crippen LogP contribution in [-0.4, -0.2) is 47.2 Å². The Morgan fingerprint density at radius 1 is 1.43 bits per heavy atom. The fraction of sp³-hybridized carbons (Fsp3) is 0.478. The molecule has 1 fully saturated rings. The van der Waals surface area contributed by atoms with Crippen LogP contribution in [0.15, 0.2) is 48.0 Å². The van der Waals surface area contributed by atoms with E-state index in [1.807, 2.05) is 29.3 Å². The van der Waals surface area contributed by atoms with E-state index in [4.69, 9.17) is 0 Å². The van der Waals surface area contributed by atoms with Crippen LogP contribution in [0.5, 0.6) is 0 Å². The maximum atomic E-state index is 13.2. The van der Waals surface area contributed by atoms with Gasteiger partial charge in [-0.25, -0.2) is 0 Å². The van der Waals surface area contributed by atoms with Gasteiger partial charge in [0.25, 0.3) is 5.91 Å². The van der Waals surface area contributed by atoms with Crippen molar-refractivity contribution in [3.8, 4) is 0 Å². The molecule has 150 valence electrons. The van der Waals surface area contributed by atoms with Crippen molar-refractivity contribution in [2.75, 3.05) is 13.1 Å². The number of aliphatic imine (C=N–C) groups is 1. The molecular formula is C23H32N4O. The van der Waals surface area contributed by atoms with Gasteiger partial charge in [-0.05, 0) is 57.1 Å². The van der Waals surface area contributed by atoms with Crippen molar-refractivity contribution in [2.45, 2.75) is 57.5 Å². The van der Waals surface area contributed by atoms with E-state index in [-0.39, 0.29) is 11.9 Å². The molecule has 1 aliphatic heterocycles. The summed E-state index contributed by atoms with van der Waals surface area (Å²) >= 11 is 0. The maximum absolute atomic E-state index is 13.2. The smallest absolute Gasteiger partial charge is 0.270 e. The summed E-state index contributed by atoms with van der Waals surface area (Å²) in [6, 6.07) is 2.59. The predicted octanol–water partition coefficient (Wildman–Crippen LogP) is 4.32. The van der Waals surface area contributed by atoms with Crippen molar-refractivity contribution in [1.82, 2.24) is 15.2 Å². The van der Waals surface area contributed by atoms with Gasteiger partial charge in [-0.2, -0.15) is 0 Å². The Hall–Kier alpha value is -2.40. The van der Waals surface area contributed by atoms with E-state index >= 15 is 0 Å². The minimum atomic E-state index is 0.0936. The zero-order valence-corrected chi connectivity index (χ0v) is 16.9. The number of amides is 1. The second-order valence-electron chi connectivity index (χ2n) is 7.57. The van der Waals surface area contributed by atoms with Crippen molar-refractivity contribution < 1.29 is 4.79 Å². The third-order valence-corrected chi connectivity index (χ3v) is 5.74. The first-order valence-electron chi connectivity index (χ1n) is 10.4. The Morgan fingerprint density at radius 3 is 3.00 bits per heavy atom. The summed E-state index contributed by atoms with van der Waals surface area (Å²) in [5.41, 5.74) is 3.80. The van der Waals surface area contributed by atoms with E-state index in [1.165, 1.54) is 0 Å². The molecule has 1 aliphatic carbocycles. The molecule has 5 nitrogen and oxygen atoms in total. The highest BCUT2D eigenvalue weighted by Crippen LogP contribution is 2.28. The van der Waals surface area contributed by atoms with E-state index in [2.05, 4.69) is 35.4 Å². The van der Waals surface area contributed by atoms with Crippen LogP contribution in [0.25, 0.3) is 0 Å². The van der Waals surface area contributed by atoms with Crippen LogP contribution in [0.4, 0.5) is 5.69 Å². The van der Waals surface area contributed by atoms with Crippen molar-refractivity contribution in [1.29, 1.82) is 0 Å². The zero-order chi connectivity index (χ0) is 19.9. The lowest BCUT2D eigenvalue weighted by Crippen LogP contribution is -2.47. The highest BCUT2D eigenvalue weighted by molar-refractivity contribution is 5.94. The molecule has 0 bridgehead atoms. The molecule has 5 heteroatoms. The lowest BCUT2D eigenvalue weighted by atomic mass is 9.89. The number of aromatic nitrogens is 1. The largest absolute Gasteiger partial charge is 0.353 e. The molecule has 0 saturated heterocycles. The van der Waals surface area contributed by atoms with Crippen molar-refractivity contribution in [3.63, 3.8) is 0 Å². The third kappa shape index (κ3) is 4.71. The number of nitrogens with zero attached hydrogens (tertiary/aromatic N) is 2. The molecule has 3 rings (SSSR count). The van der Waals surface area contributed by atoms with Gasteiger partial charge in [0.05, 0.1) is 5.69 Å². The molecule has 0 radical (unpaired) electrons. The molecule has 2 heterocycles. The summed E-state index contributed by atoms with van der Waals surface area (Å²) in [4.78, 5) is 22.9. The average molecular weight is 381 g/mol. The van der Waals surface area contributed by atoms with Crippen molar-refractivity contribution in [3.05, 3.63) is 54.4 Å². The number of carbonyl (C=O) groups excluding carboxylic acids is 1. The quantitative estimate of drug-likeness (QED) is 0.660. The first-order chi connectivity index (χ1) is 13.7. The van der Waals surface area contributed by atoms with Gasteiger partial charge in [0.2, 0.25) is 0 Å². The van der Waals surface area contributed by atoms with E-state index in [1.54, 1.807) is 6.08 Å². The molecule has 0 spiro atoms. The molecule has 1 amide bonds. The molecule has 2 atom stereocenters. The number of fused-ring (bicyclic) bond motifs is 1. The van der Waals surface area contributed by atoms with Crippen LogP contribution in [0.1, 0.15) is 55.2 Å². The summed E-state index contributed by atoms with van der Waals surface area (Å²) in [6.45, 7) is 11.2. The second-order valence-corrected chi connectivity index (χ2v) is 7.57. The first-order valence-corrected chi connectivity index (χ1v) is 10.4. The SMILES string of the molecule is C=C/C=C(\C=C)CNC1CCCC(N(CC)C(=O)c2cc3c([nH]2)CCC=N3)C1. The molecule has 0 aromatic carbocycles. The number of aromatic amines is 1. The van der Waals surface area contributed by atoms with Gasteiger partial charge >= 0.3 is 0 Å². The number of H-pyrrole nitrogens is 1. The van der Waals surface area contributed by atoms with Crippen LogP contribution < -0.4 is 5.32 Å². The van der Waals surface area contributed by atoms with E-state index in [0.29, 0.717) is 11.7 Å². The molecule has 1 aromatic heterocycles. The highest BCUT2D eigenvalue weighted by atomic mass is 16.2. The molecule has 2 N–H and O–H groups in total. The molecule has 28 heavy (non-hydrogen) atoms. The molecular weight excluding hydrogens is 348 g/mol. The van der Waals surface area contributed by atoms with Crippen LogP contribution in [0.3, 0.4) is 0 Å². The Labute approximate surface area is 168 Å². The number of aryl methyl sites for hydroxylation is 1. The fourth-order valence-electron chi connectivity index (χ4n) is 4.25. The topological polar surface area (TPSA) is 60.5 Å². The van der Waals surface area contributed by atoms with Crippen LogP contribution >= 0.6 is 0 Å². The Balaban J connectivity index is 1.64. The summed E-state index contributed by atoms with van der Waals surface area (Å²) in [6.07, 6.45) is 13.8. The fourth-order valence-corrected chi connectivity index (χ4v) is 4.25. The summed E-state index contributed by atoms with van der Waals surface area (Å²) in [7, 11) is 0. The summed E-state index contributed by atoms with van der Waals surface area (Å²) < 4.78 is 0. The van der Waals surface area contributed by atoms with Crippen LogP contribution in [0.2, 0.25) is 0 Å². The predicted molar refractivity (Wildman–Crippen MR) is 116 cm³/mol. The molecule has 1 saturated carbocycles. The average Bonchev–Trinajstić information content (AvgIpc) is 3.16. The highest BCUT2D eigenvalue weighted by Gasteiger charge is 2.30. The minimum absolute atomic E-state index is 0.0936. The number of hydrogen-bond donors (Lipinski definition) is 2. The number of hydrogen-bond acceptors (Lipinski definition) is 3. The Morgan fingerprint density at radius 2 is 2.29 bits per heavy atom. The van der Waals surface area contributed by atoms with Gasteiger partial charge in [-0.3, -0.25) is 9.79 Å². The lowest BCUT2D eigenvalue weighted by molar-refractivity contribution is 0.0624. The van der Waals surface area contributed by atoms with Gasteiger partial charge in [-0.1, -0.05) is 31.4 Å². The lowest BCUT2D eigenvalue weighted by Gasteiger charge is -2.37. The number of rotatable bonds is 8. The van der Waals surface area contributed by atoms with Gasteiger partial charge in [0, 0.05) is 37.1 Å². The monoisotopic (exact) mass is 380 g/mol. The summed E-state index contributed by atoms with van der Waals surface area (Å²) in [5, 5.41) is 3.63. The maximum Gasteiger partial charge on any atom is 0.270 e. The Bertz CT molecular complexity index is 774. The van der Waals surface area contributed by atoms with Gasteiger partial charge in [0.15, 0.2) is 0 Å². The third-order valence-electron chi connectivity index (χ3n) is 5.74. The van der Waals surface area contributed by atoms with Gasteiger partial charge in [0.1, 0.15) is 5.69 Å². The zero-order valence-electron chi connectivity index (χ0n) is 16.9. The number of allylic oxidation sites excluding steroid dienone is 2. The number of nitrogens with one attached hydrogen (secondary N) is 2. The van der Waals surface area contributed by atoms with E-state index in [9.17, 15) is 4.79 Å². The van der Waals surface area contributed by atoms with Gasteiger partial charge < -0.3 is 15.2 Å². The second kappa shape index (κ2) is 9.69. The standard InChI is InChI=1S/C23H32N4O/c1-4-9-17(5-2)16-25-18-10-7-11-19(14-18)27(6-3)23(28)22-15-21-20(26-22)12-8-13-24-21/h4-5,9,13,15,18-19,25-26H,1-2,6-8,10-12,14,16H2,3H3/b17-9+. The summed E-state index contributed by atoms with van der Waals surface area (Å²) in [5.74, 6) is 0.0936. The Kier molecular flexibility index (Phi) is 7.04. The minimum Gasteiger partial charge on any atom is -0.353 e. The van der Waals surface area contributed by atoms with Crippen molar-refractivity contribution >= 4 is 17.8 Å². The molecule has 2 aliphatic rings. The van der Waals surface area contributed by atoms with Crippen molar-refractivity contribution in [2.24, 2.45) is 4.99 Å². The number of carbonyl (C=O) groups is 1. The van der Waals surface area contributed by atoms with Gasteiger partial charge in [-0.15, -0.1) is 0 Å². The first kappa shape index (κ1) is 20.3. The molecule has 1 aromatic rings. The van der Waals surface area contributed by atoms with E-state index in [0.717, 1.165) is 68.6 Å². The van der Waals surface area contributed by atoms with Crippen LogP contribution in [-0.2, 0) is 6.42 Å². The molecule has 2 unspecified atom stereocenters. The normalized spacial score (nSPS) is 21.8. The van der Waals surface area contributed by atoms with E-state index < -0.39 is 0 Å². The van der Waals surface area contributed by atoms with Crippen LogP contribution in [0, 0.1) is 0 Å².